The standard InChI is InChI=1S/C11H23N3/c1-2-8-13-11(12)14-9-7-10-5-3-4-6-10/h10H,2-9H2,1H3,(H3,12,13,14). The predicted octanol–water partition coefficient (Wildman–Crippen LogP) is 1.88. The lowest BCUT2D eigenvalue weighted by molar-refractivity contribution is 0.499. The molecule has 0 radical (unpaired) electrons. The minimum atomic E-state index is 0.616. The third kappa shape index (κ3) is 4.49. The fraction of sp³-hybridized carbons (Fsp3) is 0.909. The first-order valence-corrected chi connectivity index (χ1v) is 5.86. The molecule has 14 heavy (non-hydrogen) atoms. The fourth-order valence-electron chi connectivity index (χ4n) is 1.99. The van der Waals surface area contributed by atoms with Gasteiger partial charge in [-0.15, -0.1) is 0 Å². The molecule has 0 aromatic carbocycles. The first-order valence-electron chi connectivity index (χ1n) is 5.86. The van der Waals surface area contributed by atoms with Crippen molar-refractivity contribution < 1.29 is 0 Å². The van der Waals surface area contributed by atoms with Gasteiger partial charge >= 0.3 is 0 Å². The summed E-state index contributed by atoms with van der Waals surface area (Å²) in [6.07, 6.45) is 7.98. The topological polar surface area (TPSA) is 50.4 Å². The predicted molar refractivity (Wildman–Crippen MR) is 61.4 cm³/mol. The van der Waals surface area contributed by atoms with Gasteiger partial charge in [0.15, 0.2) is 5.96 Å². The molecule has 3 N–H and O–H groups in total. The Morgan fingerprint density at radius 1 is 1.43 bits per heavy atom. The highest BCUT2D eigenvalue weighted by atomic mass is 15.1. The van der Waals surface area contributed by atoms with Crippen LogP contribution in [0.5, 0.6) is 0 Å². The molecule has 82 valence electrons. The summed E-state index contributed by atoms with van der Waals surface area (Å²) < 4.78 is 0. The van der Waals surface area contributed by atoms with E-state index < -0.39 is 0 Å². The van der Waals surface area contributed by atoms with E-state index in [1.807, 2.05) is 0 Å². The maximum absolute atomic E-state index is 5.68. The molecule has 0 aromatic heterocycles. The molecule has 0 amide bonds. The first kappa shape index (κ1) is 11.3. The Morgan fingerprint density at radius 3 is 2.79 bits per heavy atom. The number of hydrogen-bond acceptors (Lipinski definition) is 1. The fourth-order valence-corrected chi connectivity index (χ4v) is 1.99. The molecule has 0 bridgehead atoms. The quantitative estimate of drug-likeness (QED) is 0.522. The lowest BCUT2D eigenvalue weighted by Gasteiger charge is -2.09. The van der Waals surface area contributed by atoms with Crippen molar-refractivity contribution in [1.29, 1.82) is 0 Å². The number of nitrogens with zero attached hydrogens (tertiary/aromatic N) is 1. The summed E-state index contributed by atoms with van der Waals surface area (Å²) in [5.74, 6) is 1.55. The Hall–Kier alpha value is -0.730. The lowest BCUT2D eigenvalue weighted by Crippen LogP contribution is -2.33. The minimum Gasteiger partial charge on any atom is -0.370 e. The van der Waals surface area contributed by atoms with Crippen molar-refractivity contribution in [3.63, 3.8) is 0 Å². The van der Waals surface area contributed by atoms with Gasteiger partial charge in [-0.1, -0.05) is 32.6 Å². The zero-order valence-electron chi connectivity index (χ0n) is 9.26. The van der Waals surface area contributed by atoms with Gasteiger partial charge in [0.25, 0.3) is 0 Å². The minimum absolute atomic E-state index is 0.616. The van der Waals surface area contributed by atoms with Gasteiger partial charge in [0.05, 0.1) is 0 Å². The molecular weight excluding hydrogens is 174 g/mol. The third-order valence-corrected chi connectivity index (χ3v) is 2.84. The summed E-state index contributed by atoms with van der Waals surface area (Å²) in [6.45, 7) is 3.93. The Bertz CT molecular complexity index is 171. The van der Waals surface area contributed by atoms with E-state index in [-0.39, 0.29) is 0 Å². The average molecular weight is 197 g/mol. The van der Waals surface area contributed by atoms with Gasteiger partial charge < -0.3 is 11.1 Å². The first-order chi connectivity index (χ1) is 6.83. The average Bonchev–Trinajstić information content (AvgIpc) is 2.67. The van der Waals surface area contributed by atoms with Gasteiger partial charge in [-0.25, -0.2) is 0 Å². The van der Waals surface area contributed by atoms with E-state index in [0.29, 0.717) is 5.96 Å². The summed E-state index contributed by atoms with van der Waals surface area (Å²) in [6, 6.07) is 0. The smallest absolute Gasteiger partial charge is 0.188 e. The van der Waals surface area contributed by atoms with Crippen LogP contribution in [0.2, 0.25) is 0 Å². The van der Waals surface area contributed by atoms with Gasteiger partial charge in [0.2, 0.25) is 0 Å². The zero-order chi connectivity index (χ0) is 10.2. The molecule has 3 nitrogen and oxygen atoms in total. The van der Waals surface area contributed by atoms with Crippen molar-refractivity contribution in [2.75, 3.05) is 13.1 Å². The summed E-state index contributed by atoms with van der Waals surface area (Å²) in [7, 11) is 0. The molecule has 0 atom stereocenters. The molecule has 0 saturated heterocycles. The van der Waals surface area contributed by atoms with E-state index in [9.17, 15) is 0 Å². The molecule has 1 aliphatic carbocycles. The van der Waals surface area contributed by atoms with E-state index in [1.165, 1.54) is 32.1 Å². The molecule has 1 aliphatic rings. The Kier molecular flexibility index (Phi) is 5.42. The van der Waals surface area contributed by atoms with Crippen LogP contribution in [-0.4, -0.2) is 19.0 Å². The number of nitrogens with two attached hydrogens (primary N) is 1. The second-order valence-electron chi connectivity index (χ2n) is 4.13. The monoisotopic (exact) mass is 197 g/mol. The maximum Gasteiger partial charge on any atom is 0.188 e. The van der Waals surface area contributed by atoms with E-state index in [4.69, 9.17) is 5.73 Å². The molecule has 1 fully saturated rings. The highest BCUT2D eigenvalue weighted by molar-refractivity contribution is 5.77. The van der Waals surface area contributed by atoms with Crippen molar-refractivity contribution in [2.45, 2.75) is 45.4 Å². The molecule has 0 aliphatic heterocycles. The number of rotatable bonds is 5. The molecule has 0 spiro atoms. The normalized spacial score (nSPS) is 18.8. The highest BCUT2D eigenvalue weighted by Crippen LogP contribution is 2.26. The second kappa shape index (κ2) is 6.68. The molecule has 1 saturated carbocycles. The number of hydrogen-bond donors (Lipinski definition) is 2. The number of guanidine groups is 1. The lowest BCUT2D eigenvalue weighted by atomic mass is 10.0. The highest BCUT2D eigenvalue weighted by Gasteiger charge is 2.13. The van der Waals surface area contributed by atoms with E-state index in [2.05, 4.69) is 17.2 Å². The molecular formula is C11H23N3. The van der Waals surface area contributed by atoms with Crippen molar-refractivity contribution in [1.82, 2.24) is 5.32 Å². The van der Waals surface area contributed by atoms with Crippen LogP contribution in [0.4, 0.5) is 0 Å². The van der Waals surface area contributed by atoms with Crippen LogP contribution in [0.25, 0.3) is 0 Å². The van der Waals surface area contributed by atoms with E-state index in [0.717, 1.165) is 25.4 Å². The molecule has 0 unspecified atom stereocenters. The van der Waals surface area contributed by atoms with Crippen molar-refractivity contribution in [3.05, 3.63) is 0 Å². The van der Waals surface area contributed by atoms with Crippen molar-refractivity contribution in [3.8, 4) is 0 Å². The van der Waals surface area contributed by atoms with Gasteiger partial charge in [-0.05, 0) is 18.8 Å². The largest absolute Gasteiger partial charge is 0.370 e. The van der Waals surface area contributed by atoms with Crippen LogP contribution in [0.15, 0.2) is 4.99 Å². The SMILES string of the molecule is CCCN=C(N)NCCC1CCCC1. The van der Waals surface area contributed by atoms with Crippen molar-refractivity contribution >= 4 is 5.96 Å². The maximum atomic E-state index is 5.68. The third-order valence-electron chi connectivity index (χ3n) is 2.84. The van der Waals surface area contributed by atoms with E-state index in [1.54, 1.807) is 0 Å². The molecule has 1 rings (SSSR count). The summed E-state index contributed by atoms with van der Waals surface area (Å²) in [5, 5.41) is 3.17. The zero-order valence-corrected chi connectivity index (χ0v) is 9.26. The van der Waals surface area contributed by atoms with Crippen molar-refractivity contribution in [2.24, 2.45) is 16.6 Å². The van der Waals surface area contributed by atoms with Crippen LogP contribution in [0.1, 0.15) is 45.4 Å². The molecule has 0 aromatic rings. The Labute approximate surface area is 87.2 Å². The van der Waals surface area contributed by atoms with Gasteiger partial charge in [-0.3, -0.25) is 4.99 Å². The van der Waals surface area contributed by atoms with Crippen LogP contribution in [-0.2, 0) is 0 Å². The van der Waals surface area contributed by atoms with Gasteiger partial charge in [0, 0.05) is 13.1 Å². The van der Waals surface area contributed by atoms with Gasteiger partial charge in [-0.2, -0.15) is 0 Å². The summed E-state index contributed by atoms with van der Waals surface area (Å²) >= 11 is 0. The van der Waals surface area contributed by atoms with Crippen LogP contribution < -0.4 is 11.1 Å². The summed E-state index contributed by atoms with van der Waals surface area (Å²) in [4.78, 5) is 4.19. The number of nitrogens with one attached hydrogen (secondary N) is 1. The van der Waals surface area contributed by atoms with Crippen LogP contribution in [0, 0.1) is 5.92 Å². The molecule has 3 heteroatoms. The number of aliphatic imine (C=N–C) groups is 1. The van der Waals surface area contributed by atoms with E-state index >= 15 is 0 Å². The van der Waals surface area contributed by atoms with Crippen LogP contribution in [0.3, 0.4) is 0 Å². The molecule has 0 heterocycles. The summed E-state index contributed by atoms with van der Waals surface area (Å²) in [5.41, 5.74) is 5.68. The van der Waals surface area contributed by atoms with Gasteiger partial charge in [0.1, 0.15) is 0 Å². The Balaban J connectivity index is 2.02. The van der Waals surface area contributed by atoms with Crippen LogP contribution >= 0.6 is 0 Å². The Morgan fingerprint density at radius 2 is 2.14 bits per heavy atom. The second-order valence-corrected chi connectivity index (χ2v) is 4.13.